The Labute approximate surface area is 207 Å². The molecule has 5 rings (SSSR count). The SMILES string of the molecule is Cc1cc(-c2ccccc2)c(-n2ccnc2-c2[c-]ccc(C#N)c2)c(-c2ccccc2)c1.[Ir]. The monoisotopic (exact) mass is 603 g/mol. The summed E-state index contributed by atoms with van der Waals surface area (Å²) in [6, 6.07) is 36.1. The van der Waals surface area contributed by atoms with Crippen LogP contribution in [0.1, 0.15) is 11.1 Å². The summed E-state index contributed by atoms with van der Waals surface area (Å²) < 4.78 is 2.11. The summed E-state index contributed by atoms with van der Waals surface area (Å²) in [5.41, 5.74) is 8.13. The third-order valence-electron chi connectivity index (χ3n) is 5.48. The molecule has 5 aromatic rings. The fraction of sp³-hybridized carbons (Fsp3) is 0.0345. The molecule has 0 saturated heterocycles. The van der Waals surface area contributed by atoms with Gasteiger partial charge < -0.3 is 4.57 Å². The zero-order valence-corrected chi connectivity index (χ0v) is 20.4. The fourth-order valence-electron chi connectivity index (χ4n) is 4.06. The summed E-state index contributed by atoms with van der Waals surface area (Å²) in [6.07, 6.45) is 3.78. The Hall–Kier alpha value is -3.77. The number of imidazole rings is 1. The first kappa shape index (κ1) is 22.4. The molecule has 0 N–H and O–H groups in total. The number of rotatable bonds is 4. The molecule has 0 amide bonds. The van der Waals surface area contributed by atoms with Crippen LogP contribution in [-0.4, -0.2) is 9.55 Å². The smallest absolute Gasteiger partial charge is 0.0789 e. The van der Waals surface area contributed by atoms with E-state index in [9.17, 15) is 5.26 Å². The van der Waals surface area contributed by atoms with E-state index < -0.39 is 0 Å². The van der Waals surface area contributed by atoms with Gasteiger partial charge in [0, 0.05) is 43.6 Å². The molecule has 0 bridgehead atoms. The summed E-state index contributed by atoms with van der Waals surface area (Å²) in [6.45, 7) is 2.13. The standard InChI is InChI=1S/C29H20N3.Ir/c1-21-17-26(23-10-4-2-5-11-23)28(27(18-21)24-12-6-3-7-13-24)32-16-15-31-29(32)25-14-8-9-22(19-25)20-30;/h2-13,15-19H,1H3;/q-1;. The third kappa shape index (κ3) is 4.43. The predicted molar refractivity (Wildman–Crippen MR) is 128 cm³/mol. The minimum Gasteiger partial charge on any atom is -0.339 e. The van der Waals surface area contributed by atoms with Gasteiger partial charge in [-0.25, -0.2) is 0 Å². The molecule has 0 atom stereocenters. The fourth-order valence-corrected chi connectivity index (χ4v) is 4.06. The van der Waals surface area contributed by atoms with Gasteiger partial charge >= 0.3 is 0 Å². The van der Waals surface area contributed by atoms with E-state index in [-0.39, 0.29) is 20.1 Å². The van der Waals surface area contributed by atoms with Crippen LogP contribution in [-0.2, 0) is 20.1 Å². The summed E-state index contributed by atoms with van der Waals surface area (Å²) in [4.78, 5) is 4.65. The number of nitrogens with zero attached hydrogens (tertiary/aromatic N) is 3. The van der Waals surface area contributed by atoms with Crippen molar-refractivity contribution in [2.75, 3.05) is 0 Å². The molecule has 0 aliphatic heterocycles. The second-order valence-electron chi connectivity index (χ2n) is 7.66. The van der Waals surface area contributed by atoms with Crippen LogP contribution in [0.2, 0.25) is 0 Å². The largest absolute Gasteiger partial charge is 0.339 e. The normalized spacial score (nSPS) is 10.3. The average molecular weight is 603 g/mol. The second-order valence-corrected chi connectivity index (χ2v) is 7.66. The second kappa shape index (κ2) is 9.79. The molecule has 1 heterocycles. The van der Waals surface area contributed by atoms with Crippen molar-refractivity contribution >= 4 is 0 Å². The molecule has 33 heavy (non-hydrogen) atoms. The zero-order valence-electron chi connectivity index (χ0n) is 18.0. The van der Waals surface area contributed by atoms with E-state index >= 15 is 0 Å². The van der Waals surface area contributed by atoms with Crippen molar-refractivity contribution < 1.29 is 20.1 Å². The predicted octanol–water partition coefficient (Wildman–Crippen LogP) is 6.85. The Kier molecular flexibility index (Phi) is 6.65. The minimum absolute atomic E-state index is 0. The topological polar surface area (TPSA) is 41.6 Å². The minimum atomic E-state index is 0. The first-order valence-electron chi connectivity index (χ1n) is 10.5. The average Bonchev–Trinajstić information content (AvgIpc) is 3.34. The van der Waals surface area contributed by atoms with Gasteiger partial charge in [-0.05, 0) is 41.3 Å². The van der Waals surface area contributed by atoms with Crippen LogP contribution < -0.4 is 0 Å². The van der Waals surface area contributed by atoms with Crippen molar-refractivity contribution in [2.24, 2.45) is 0 Å². The van der Waals surface area contributed by atoms with Gasteiger partial charge in [0.25, 0.3) is 0 Å². The summed E-state index contributed by atoms with van der Waals surface area (Å²) >= 11 is 0. The Morgan fingerprint density at radius 3 is 2.03 bits per heavy atom. The van der Waals surface area contributed by atoms with E-state index in [1.54, 1.807) is 18.3 Å². The van der Waals surface area contributed by atoms with Crippen molar-refractivity contribution in [2.45, 2.75) is 6.92 Å². The quantitative estimate of drug-likeness (QED) is 0.211. The maximum Gasteiger partial charge on any atom is 0.0789 e. The molecule has 0 unspecified atom stereocenters. The van der Waals surface area contributed by atoms with Crippen molar-refractivity contribution in [1.29, 1.82) is 5.26 Å². The molecule has 0 saturated carbocycles. The first-order chi connectivity index (χ1) is 15.7. The van der Waals surface area contributed by atoms with E-state index in [0.717, 1.165) is 39.3 Å². The van der Waals surface area contributed by atoms with Gasteiger partial charge in [0.1, 0.15) is 0 Å². The van der Waals surface area contributed by atoms with Crippen LogP contribution in [0.4, 0.5) is 0 Å². The van der Waals surface area contributed by atoms with E-state index in [4.69, 9.17) is 0 Å². The van der Waals surface area contributed by atoms with Gasteiger partial charge in [-0.3, -0.25) is 4.98 Å². The Morgan fingerprint density at radius 2 is 1.45 bits per heavy atom. The maximum atomic E-state index is 9.37. The molecular weight excluding hydrogens is 583 g/mol. The molecule has 3 nitrogen and oxygen atoms in total. The van der Waals surface area contributed by atoms with E-state index in [0.29, 0.717) is 5.56 Å². The number of aromatic nitrogens is 2. The van der Waals surface area contributed by atoms with E-state index in [2.05, 4.69) is 89.3 Å². The zero-order chi connectivity index (χ0) is 21.9. The van der Waals surface area contributed by atoms with Crippen molar-refractivity contribution in [1.82, 2.24) is 9.55 Å². The van der Waals surface area contributed by atoms with Crippen LogP contribution in [0, 0.1) is 24.3 Å². The molecule has 1 aromatic heterocycles. The van der Waals surface area contributed by atoms with Gasteiger partial charge in [0.2, 0.25) is 0 Å². The van der Waals surface area contributed by atoms with Gasteiger partial charge in [-0.2, -0.15) is 5.26 Å². The molecule has 1 radical (unpaired) electrons. The molecule has 0 spiro atoms. The molecule has 0 fully saturated rings. The third-order valence-corrected chi connectivity index (χ3v) is 5.48. The van der Waals surface area contributed by atoms with Gasteiger partial charge in [0.05, 0.1) is 17.6 Å². The van der Waals surface area contributed by atoms with E-state index in [1.165, 1.54) is 5.56 Å². The molecule has 0 aliphatic rings. The van der Waals surface area contributed by atoms with Crippen LogP contribution in [0.25, 0.3) is 39.3 Å². The van der Waals surface area contributed by atoms with Crippen LogP contribution in [0.3, 0.4) is 0 Å². The molecule has 4 aromatic carbocycles. The number of nitriles is 1. The van der Waals surface area contributed by atoms with Crippen molar-refractivity contribution in [3.05, 3.63) is 121 Å². The summed E-state index contributed by atoms with van der Waals surface area (Å²) in [5.74, 6) is 0.750. The number of hydrogen-bond acceptors (Lipinski definition) is 2. The van der Waals surface area contributed by atoms with Crippen LogP contribution >= 0.6 is 0 Å². The van der Waals surface area contributed by atoms with Crippen LogP contribution in [0.15, 0.2) is 103 Å². The number of aryl methyl sites for hydroxylation is 1. The summed E-state index contributed by atoms with van der Waals surface area (Å²) in [5, 5.41) is 9.37. The summed E-state index contributed by atoms with van der Waals surface area (Å²) in [7, 11) is 0. The van der Waals surface area contributed by atoms with Gasteiger partial charge in [-0.15, -0.1) is 29.8 Å². The molecule has 0 aliphatic carbocycles. The van der Waals surface area contributed by atoms with Gasteiger partial charge in [-0.1, -0.05) is 60.7 Å². The Morgan fingerprint density at radius 1 is 0.848 bits per heavy atom. The maximum absolute atomic E-state index is 9.37. The molecule has 4 heteroatoms. The van der Waals surface area contributed by atoms with Crippen molar-refractivity contribution in [3.8, 4) is 45.4 Å². The van der Waals surface area contributed by atoms with E-state index in [1.807, 2.05) is 24.4 Å². The Balaban J connectivity index is 0.00000259. The molecular formula is C29H20IrN3-. The van der Waals surface area contributed by atoms with Gasteiger partial charge in [0.15, 0.2) is 0 Å². The van der Waals surface area contributed by atoms with Crippen molar-refractivity contribution in [3.63, 3.8) is 0 Å². The molecule has 161 valence electrons. The number of hydrogen-bond donors (Lipinski definition) is 0. The van der Waals surface area contributed by atoms with Crippen LogP contribution in [0.5, 0.6) is 0 Å². The Bertz CT molecular complexity index is 1370. The first-order valence-corrected chi connectivity index (χ1v) is 10.5. The number of benzene rings is 4.